The highest BCUT2D eigenvalue weighted by molar-refractivity contribution is 5.94. The fourth-order valence-corrected chi connectivity index (χ4v) is 3.51. The number of nitrogens with one attached hydrogen (secondary N) is 4. The van der Waals surface area contributed by atoms with E-state index in [4.69, 9.17) is 16.6 Å². The molecule has 10 N–H and O–H groups in total. The number of H-pyrrole nitrogens is 1. The molecule has 3 amide bonds. The van der Waals surface area contributed by atoms with Crippen molar-refractivity contribution in [1.29, 1.82) is 0 Å². The molecule has 5 atom stereocenters. The van der Waals surface area contributed by atoms with Crippen LogP contribution < -0.4 is 27.4 Å². The summed E-state index contributed by atoms with van der Waals surface area (Å²) in [7, 11) is 0. The fourth-order valence-electron chi connectivity index (χ4n) is 3.51. The number of nitrogens with two attached hydrogens (primary N) is 2. The molecule has 0 saturated carbocycles. The lowest BCUT2D eigenvalue weighted by atomic mass is 9.96. The summed E-state index contributed by atoms with van der Waals surface area (Å²) in [6.07, 6.45) is 4.14. The van der Waals surface area contributed by atoms with Gasteiger partial charge in [0.05, 0.1) is 12.4 Å². The average Bonchev–Trinajstić information content (AvgIpc) is 3.36. The summed E-state index contributed by atoms with van der Waals surface area (Å²) in [5.41, 5.74) is 12.2. The Morgan fingerprint density at radius 2 is 1.68 bits per heavy atom. The van der Waals surface area contributed by atoms with E-state index in [1.54, 1.807) is 6.92 Å². The maximum atomic E-state index is 13.2. The van der Waals surface area contributed by atoms with Crippen LogP contribution in [0.1, 0.15) is 58.1 Å². The van der Waals surface area contributed by atoms with Gasteiger partial charge in [-0.15, -0.1) is 0 Å². The van der Waals surface area contributed by atoms with Crippen LogP contribution in [0.5, 0.6) is 0 Å². The number of amides is 3. The van der Waals surface area contributed by atoms with Crippen LogP contribution in [-0.2, 0) is 30.4 Å². The van der Waals surface area contributed by atoms with E-state index in [1.807, 2.05) is 6.92 Å². The summed E-state index contributed by atoms with van der Waals surface area (Å²) < 4.78 is 0. The highest BCUT2D eigenvalue weighted by Gasteiger charge is 2.32. The molecule has 1 heterocycles. The SMILES string of the molecule is CC[C@H](C)[C@H](NC(=O)[C@@H](N)Cc1cnc[nH]1)C(=O)N[C@@H](CCCCN)C(=O)N[C@@H](CCC(=O)O)C(=O)O. The number of carbonyl (C=O) groups is 5. The van der Waals surface area contributed by atoms with E-state index in [0.29, 0.717) is 31.5 Å². The lowest BCUT2D eigenvalue weighted by Gasteiger charge is -2.28. The molecule has 1 aromatic rings. The molecule has 0 bridgehead atoms. The zero-order valence-electron chi connectivity index (χ0n) is 21.2. The number of carboxylic acids is 2. The van der Waals surface area contributed by atoms with Crippen LogP contribution >= 0.6 is 0 Å². The number of carboxylic acid groups (broad SMARTS) is 2. The predicted molar refractivity (Wildman–Crippen MR) is 133 cm³/mol. The van der Waals surface area contributed by atoms with Crippen LogP contribution in [0.2, 0.25) is 0 Å². The minimum atomic E-state index is -1.44. The Bertz CT molecular complexity index is 894. The van der Waals surface area contributed by atoms with Gasteiger partial charge in [-0.2, -0.15) is 0 Å². The van der Waals surface area contributed by atoms with Gasteiger partial charge in [-0.3, -0.25) is 19.2 Å². The van der Waals surface area contributed by atoms with E-state index < -0.39 is 60.2 Å². The standard InChI is InChI=1S/C23H39N7O7/c1-3-13(2)19(30-20(33)15(25)10-14-11-26-12-27-14)22(35)28-16(6-4-5-9-24)21(34)29-17(23(36)37)7-8-18(31)32/h11-13,15-17,19H,3-10,24-25H2,1-2H3,(H,26,27)(H,28,35)(H,29,34)(H,30,33)(H,31,32)(H,36,37)/t13-,15-,16-,17-,19-/m0/s1. The number of imidazole rings is 1. The zero-order valence-corrected chi connectivity index (χ0v) is 21.2. The van der Waals surface area contributed by atoms with Gasteiger partial charge in [0.1, 0.15) is 18.1 Å². The smallest absolute Gasteiger partial charge is 0.326 e. The Labute approximate surface area is 215 Å². The Kier molecular flexibility index (Phi) is 13.9. The molecular formula is C23H39N7O7. The maximum absolute atomic E-state index is 13.2. The molecular weight excluding hydrogens is 486 g/mol. The number of aliphatic carboxylic acids is 2. The number of nitrogens with zero attached hydrogens (tertiary/aromatic N) is 1. The van der Waals surface area contributed by atoms with Gasteiger partial charge in [0.15, 0.2) is 0 Å². The first kappa shape index (κ1) is 31.5. The third kappa shape index (κ3) is 11.4. The van der Waals surface area contributed by atoms with E-state index in [1.165, 1.54) is 12.5 Å². The second-order valence-corrected chi connectivity index (χ2v) is 8.94. The fraction of sp³-hybridized carbons (Fsp3) is 0.652. The van der Waals surface area contributed by atoms with Crippen LogP contribution in [0, 0.1) is 5.92 Å². The molecule has 0 radical (unpaired) electrons. The molecule has 14 heteroatoms. The lowest BCUT2D eigenvalue weighted by molar-refractivity contribution is -0.143. The number of hydrogen-bond donors (Lipinski definition) is 8. The van der Waals surface area contributed by atoms with E-state index in [2.05, 4.69) is 25.9 Å². The lowest BCUT2D eigenvalue weighted by Crippen LogP contribution is -2.58. The molecule has 1 aromatic heterocycles. The van der Waals surface area contributed by atoms with E-state index in [-0.39, 0.29) is 25.2 Å². The van der Waals surface area contributed by atoms with Gasteiger partial charge in [0, 0.05) is 24.7 Å². The molecule has 0 saturated heterocycles. The van der Waals surface area contributed by atoms with Gasteiger partial charge in [-0.25, -0.2) is 9.78 Å². The van der Waals surface area contributed by atoms with Crippen LogP contribution in [0.3, 0.4) is 0 Å². The summed E-state index contributed by atoms with van der Waals surface area (Å²) in [4.78, 5) is 67.9. The topological polar surface area (TPSA) is 243 Å². The monoisotopic (exact) mass is 525 g/mol. The van der Waals surface area contributed by atoms with Crippen molar-refractivity contribution in [2.24, 2.45) is 17.4 Å². The molecule has 0 aliphatic carbocycles. The van der Waals surface area contributed by atoms with Gasteiger partial charge < -0.3 is 42.6 Å². The minimum absolute atomic E-state index is 0.167. The molecule has 208 valence electrons. The molecule has 0 aliphatic heterocycles. The van der Waals surface area contributed by atoms with E-state index >= 15 is 0 Å². The van der Waals surface area contributed by atoms with Crippen LogP contribution in [-0.4, -0.2) is 80.6 Å². The molecule has 0 aliphatic rings. The average molecular weight is 526 g/mol. The molecule has 0 aromatic carbocycles. The Balaban J connectivity index is 2.97. The summed E-state index contributed by atoms with van der Waals surface area (Å²) in [5, 5.41) is 25.8. The number of aromatic amines is 1. The van der Waals surface area contributed by atoms with Crippen molar-refractivity contribution >= 4 is 29.7 Å². The van der Waals surface area contributed by atoms with Crippen molar-refractivity contribution in [3.8, 4) is 0 Å². The third-order valence-corrected chi connectivity index (χ3v) is 5.97. The second-order valence-electron chi connectivity index (χ2n) is 8.94. The Hall–Kier alpha value is -3.52. The van der Waals surface area contributed by atoms with Crippen molar-refractivity contribution in [2.45, 2.75) is 83.0 Å². The zero-order chi connectivity index (χ0) is 28.0. The number of hydrogen-bond acceptors (Lipinski definition) is 8. The summed E-state index contributed by atoms with van der Waals surface area (Å²) in [6, 6.07) is -4.51. The number of carbonyl (C=O) groups excluding carboxylic acids is 3. The van der Waals surface area contributed by atoms with Crippen molar-refractivity contribution < 1.29 is 34.2 Å². The van der Waals surface area contributed by atoms with Gasteiger partial charge in [0.2, 0.25) is 17.7 Å². The number of aromatic nitrogens is 2. The highest BCUT2D eigenvalue weighted by atomic mass is 16.4. The molecule has 1 rings (SSSR count). The predicted octanol–water partition coefficient (Wildman–Crippen LogP) is -1.14. The highest BCUT2D eigenvalue weighted by Crippen LogP contribution is 2.11. The van der Waals surface area contributed by atoms with E-state index in [0.717, 1.165) is 0 Å². The number of unbranched alkanes of at least 4 members (excludes halogenated alkanes) is 1. The molecule has 14 nitrogen and oxygen atoms in total. The Morgan fingerprint density at radius 3 is 2.22 bits per heavy atom. The Morgan fingerprint density at radius 1 is 1.00 bits per heavy atom. The summed E-state index contributed by atoms with van der Waals surface area (Å²) >= 11 is 0. The summed E-state index contributed by atoms with van der Waals surface area (Å²) in [6.45, 7) is 3.96. The van der Waals surface area contributed by atoms with Crippen molar-refractivity contribution in [3.63, 3.8) is 0 Å². The van der Waals surface area contributed by atoms with Gasteiger partial charge >= 0.3 is 11.9 Å². The van der Waals surface area contributed by atoms with Crippen LogP contribution in [0.25, 0.3) is 0 Å². The minimum Gasteiger partial charge on any atom is -0.481 e. The summed E-state index contributed by atoms with van der Waals surface area (Å²) in [5.74, 6) is -4.85. The third-order valence-electron chi connectivity index (χ3n) is 5.97. The second kappa shape index (κ2) is 16.3. The molecule has 0 spiro atoms. The first-order valence-corrected chi connectivity index (χ1v) is 12.3. The van der Waals surface area contributed by atoms with Crippen molar-refractivity contribution in [3.05, 3.63) is 18.2 Å². The number of rotatable bonds is 18. The first-order valence-electron chi connectivity index (χ1n) is 12.3. The van der Waals surface area contributed by atoms with Gasteiger partial charge in [-0.1, -0.05) is 20.3 Å². The molecule has 37 heavy (non-hydrogen) atoms. The van der Waals surface area contributed by atoms with E-state index in [9.17, 15) is 29.1 Å². The molecule has 0 fully saturated rings. The molecule has 0 unspecified atom stereocenters. The van der Waals surface area contributed by atoms with Gasteiger partial charge in [0.25, 0.3) is 0 Å². The van der Waals surface area contributed by atoms with Crippen molar-refractivity contribution in [1.82, 2.24) is 25.9 Å². The largest absolute Gasteiger partial charge is 0.481 e. The van der Waals surface area contributed by atoms with Gasteiger partial charge in [-0.05, 0) is 38.1 Å². The normalized spacial score (nSPS) is 15.0. The quantitative estimate of drug-likeness (QED) is 0.107. The first-order chi connectivity index (χ1) is 17.5. The van der Waals surface area contributed by atoms with Crippen LogP contribution in [0.4, 0.5) is 0 Å². The van der Waals surface area contributed by atoms with Crippen molar-refractivity contribution in [2.75, 3.05) is 6.54 Å². The maximum Gasteiger partial charge on any atom is 0.326 e. The van der Waals surface area contributed by atoms with Crippen LogP contribution in [0.15, 0.2) is 12.5 Å².